The van der Waals surface area contributed by atoms with Gasteiger partial charge in [0, 0.05) is 29.2 Å². The number of aromatic nitrogens is 1. The monoisotopic (exact) mass is 379 g/mol. The zero-order valence-corrected chi connectivity index (χ0v) is 16.4. The van der Waals surface area contributed by atoms with Crippen LogP contribution in [-0.4, -0.2) is 35.0 Å². The summed E-state index contributed by atoms with van der Waals surface area (Å²) in [5.74, 6) is 0.417. The van der Waals surface area contributed by atoms with Crippen LogP contribution < -0.4 is 10.2 Å². The lowest BCUT2D eigenvalue weighted by molar-refractivity contribution is -0.123. The van der Waals surface area contributed by atoms with E-state index in [1.54, 1.807) is 6.21 Å². The van der Waals surface area contributed by atoms with Crippen molar-refractivity contribution in [1.29, 1.82) is 0 Å². The SMILES string of the molecule is Cc1cc(C)c(OCC(=O)N/N=C/c2cccc3c2ccn3CCO)c(C)c1. The van der Waals surface area contributed by atoms with Gasteiger partial charge in [-0.25, -0.2) is 5.43 Å². The molecule has 6 heteroatoms. The molecule has 0 atom stereocenters. The molecule has 146 valence electrons. The third kappa shape index (κ3) is 4.40. The van der Waals surface area contributed by atoms with E-state index in [4.69, 9.17) is 9.84 Å². The number of carbonyl (C=O) groups excluding carboxylic acids is 1. The van der Waals surface area contributed by atoms with E-state index < -0.39 is 0 Å². The van der Waals surface area contributed by atoms with Gasteiger partial charge in [0.05, 0.1) is 12.8 Å². The molecule has 1 aromatic heterocycles. The largest absolute Gasteiger partial charge is 0.483 e. The van der Waals surface area contributed by atoms with Crippen molar-refractivity contribution < 1.29 is 14.6 Å². The van der Waals surface area contributed by atoms with Crippen molar-refractivity contribution in [2.75, 3.05) is 13.2 Å². The molecule has 3 rings (SSSR count). The lowest BCUT2D eigenvalue weighted by atomic mass is 10.1. The molecule has 0 aliphatic heterocycles. The van der Waals surface area contributed by atoms with Crippen LogP contribution in [0.2, 0.25) is 0 Å². The Bertz CT molecular complexity index is 998. The highest BCUT2D eigenvalue weighted by atomic mass is 16.5. The molecule has 0 saturated heterocycles. The van der Waals surface area contributed by atoms with Crippen LogP contribution in [0.1, 0.15) is 22.3 Å². The molecule has 0 aliphatic rings. The van der Waals surface area contributed by atoms with Crippen LogP contribution in [0.5, 0.6) is 5.75 Å². The predicted octanol–water partition coefficient (Wildman–Crippen LogP) is 3.09. The maximum atomic E-state index is 12.1. The number of nitrogens with zero attached hydrogens (tertiary/aromatic N) is 2. The van der Waals surface area contributed by atoms with Crippen LogP contribution in [0.3, 0.4) is 0 Å². The van der Waals surface area contributed by atoms with Gasteiger partial charge in [-0.2, -0.15) is 5.10 Å². The first-order valence-electron chi connectivity index (χ1n) is 9.21. The van der Waals surface area contributed by atoms with E-state index >= 15 is 0 Å². The van der Waals surface area contributed by atoms with Crippen LogP contribution in [0.15, 0.2) is 47.7 Å². The molecule has 0 fully saturated rings. The van der Waals surface area contributed by atoms with Crippen molar-refractivity contribution in [2.24, 2.45) is 5.10 Å². The van der Waals surface area contributed by atoms with Crippen molar-refractivity contribution in [3.63, 3.8) is 0 Å². The summed E-state index contributed by atoms with van der Waals surface area (Å²) in [6, 6.07) is 11.9. The number of hydrogen-bond acceptors (Lipinski definition) is 4. The molecule has 2 aromatic carbocycles. The van der Waals surface area contributed by atoms with Gasteiger partial charge >= 0.3 is 0 Å². The molecule has 0 unspecified atom stereocenters. The average molecular weight is 379 g/mol. The fraction of sp³-hybridized carbons (Fsp3) is 0.273. The van der Waals surface area contributed by atoms with Crippen molar-refractivity contribution in [2.45, 2.75) is 27.3 Å². The molecule has 2 N–H and O–H groups in total. The Morgan fingerprint density at radius 2 is 1.96 bits per heavy atom. The highest BCUT2D eigenvalue weighted by Gasteiger charge is 2.08. The van der Waals surface area contributed by atoms with E-state index in [0.717, 1.165) is 33.3 Å². The van der Waals surface area contributed by atoms with Crippen molar-refractivity contribution in [3.05, 3.63) is 64.8 Å². The standard InChI is InChI=1S/C22H25N3O3/c1-15-11-16(2)22(17(3)12-15)28-14-21(27)24-23-13-18-5-4-6-20-19(18)7-8-25(20)9-10-26/h4-8,11-13,26H,9-10,14H2,1-3H3,(H,24,27)/b23-13+. The van der Waals surface area contributed by atoms with Crippen LogP contribution in [-0.2, 0) is 11.3 Å². The number of rotatable bonds is 7. The number of amides is 1. The van der Waals surface area contributed by atoms with E-state index in [1.165, 1.54) is 5.56 Å². The minimum atomic E-state index is -0.319. The lowest BCUT2D eigenvalue weighted by Gasteiger charge is -2.12. The number of nitrogens with one attached hydrogen (secondary N) is 1. The first-order valence-corrected chi connectivity index (χ1v) is 9.21. The zero-order valence-electron chi connectivity index (χ0n) is 16.4. The van der Waals surface area contributed by atoms with Gasteiger partial charge in [0.15, 0.2) is 6.61 Å². The second-order valence-electron chi connectivity index (χ2n) is 6.82. The molecule has 0 saturated carbocycles. The van der Waals surface area contributed by atoms with Gasteiger partial charge in [-0.1, -0.05) is 29.8 Å². The summed E-state index contributed by atoms with van der Waals surface area (Å²) in [7, 11) is 0. The molecule has 1 heterocycles. The highest BCUT2D eigenvalue weighted by molar-refractivity contribution is 5.99. The third-order valence-electron chi connectivity index (χ3n) is 4.53. The van der Waals surface area contributed by atoms with Gasteiger partial charge in [0.2, 0.25) is 0 Å². The van der Waals surface area contributed by atoms with E-state index in [2.05, 4.69) is 10.5 Å². The van der Waals surface area contributed by atoms with Crippen molar-refractivity contribution >= 4 is 23.0 Å². The molecule has 0 aliphatic carbocycles. The van der Waals surface area contributed by atoms with Crippen LogP contribution in [0.4, 0.5) is 0 Å². The Kier molecular flexibility index (Phi) is 6.11. The fourth-order valence-corrected chi connectivity index (χ4v) is 3.40. The summed E-state index contributed by atoms with van der Waals surface area (Å²) in [5.41, 5.74) is 7.59. The Labute approximate surface area is 164 Å². The molecule has 28 heavy (non-hydrogen) atoms. The topological polar surface area (TPSA) is 75.8 Å². The molecule has 1 amide bonds. The quantitative estimate of drug-likeness (QED) is 0.489. The van der Waals surface area contributed by atoms with Gasteiger partial charge in [0.1, 0.15) is 5.75 Å². The number of hydrazone groups is 1. The summed E-state index contributed by atoms with van der Waals surface area (Å²) in [5, 5.41) is 14.2. The van der Waals surface area contributed by atoms with Crippen LogP contribution in [0, 0.1) is 20.8 Å². The van der Waals surface area contributed by atoms with Gasteiger partial charge < -0.3 is 14.4 Å². The fourth-order valence-electron chi connectivity index (χ4n) is 3.40. The van der Waals surface area contributed by atoms with Crippen LogP contribution in [0.25, 0.3) is 10.9 Å². The number of ether oxygens (including phenoxy) is 1. The molecular weight excluding hydrogens is 354 g/mol. The van der Waals surface area contributed by atoms with Crippen molar-refractivity contribution in [1.82, 2.24) is 9.99 Å². The smallest absolute Gasteiger partial charge is 0.277 e. The first-order chi connectivity index (χ1) is 13.5. The van der Waals surface area contributed by atoms with E-state index in [9.17, 15) is 4.79 Å². The molecule has 0 spiro atoms. The number of hydrogen-bond donors (Lipinski definition) is 2. The number of carbonyl (C=O) groups is 1. The number of aryl methyl sites for hydroxylation is 3. The Hall–Kier alpha value is -3.12. The van der Waals surface area contributed by atoms with Crippen molar-refractivity contribution in [3.8, 4) is 5.75 Å². The lowest BCUT2D eigenvalue weighted by Crippen LogP contribution is -2.25. The maximum Gasteiger partial charge on any atom is 0.277 e. The molecule has 0 bridgehead atoms. The number of benzene rings is 2. The predicted molar refractivity (Wildman–Crippen MR) is 111 cm³/mol. The third-order valence-corrected chi connectivity index (χ3v) is 4.53. The van der Waals surface area contributed by atoms with Crippen LogP contribution >= 0.6 is 0 Å². The normalized spacial score (nSPS) is 11.3. The van der Waals surface area contributed by atoms with Gasteiger partial charge in [-0.3, -0.25) is 4.79 Å². The molecule has 3 aromatic rings. The molecular formula is C22H25N3O3. The molecule has 6 nitrogen and oxygen atoms in total. The van der Waals surface area contributed by atoms with E-state index in [1.807, 2.05) is 67.9 Å². The Balaban J connectivity index is 1.62. The Morgan fingerprint density at radius 1 is 1.21 bits per heavy atom. The average Bonchev–Trinajstić information content (AvgIpc) is 3.05. The van der Waals surface area contributed by atoms with E-state index in [0.29, 0.717) is 6.54 Å². The summed E-state index contributed by atoms with van der Waals surface area (Å²) >= 11 is 0. The number of fused-ring (bicyclic) bond motifs is 1. The summed E-state index contributed by atoms with van der Waals surface area (Å²) < 4.78 is 7.65. The van der Waals surface area contributed by atoms with Gasteiger partial charge in [-0.15, -0.1) is 0 Å². The highest BCUT2D eigenvalue weighted by Crippen LogP contribution is 2.24. The molecule has 0 radical (unpaired) electrons. The second-order valence-corrected chi connectivity index (χ2v) is 6.82. The van der Waals surface area contributed by atoms with Gasteiger partial charge in [0.25, 0.3) is 5.91 Å². The number of aliphatic hydroxyl groups is 1. The summed E-state index contributed by atoms with van der Waals surface area (Å²) in [4.78, 5) is 12.1. The maximum absolute atomic E-state index is 12.1. The summed E-state index contributed by atoms with van der Waals surface area (Å²) in [6.07, 6.45) is 3.54. The summed E-state index contributed by atoms with van der Waals surface area (Å²) in [6.45, 7) is 6.49. The number of aliphatic hydroxyl groups excluding tert-OH is 1. The first kappa shape index (κ1) is 19.6. The minimum absolute atomic E-state index is 0.0814. The van der Waals surface area contributed by atoms with Gasteiger partial charge in [-0.05, 0) is 44.0 Å². The Morgan fingerprint density at radius 3 is 2.68 bits per heavy atom. The minimum Gasteiger partial charge on any atom is -0.483 e. The second kappa shape index (κ2) is 8.71. The van der Waals surface area contributed by atoms with E-state index in [-0.39, 0.29) is 19.1 Å². The zero-order chi connectivity index (χ0) is 20.1.